The van der Waals surface area contributed by atoms with E-state index in [4.69, 9.17) is 0 Å². The van der Waals surface area contributed by atoms with Gasteiger partial charge in [-0.25, -0.2) is 4.39 Å². The number of anilines is 2. The fourth-order valence-corrected chi connectivity index (χ4v) is 3.61. The number of thioether (sulfide) groups is 1. The lowest BCUT2D eigenvalue weighted by Gasteiger charge is -2.02. The largest absolute Gasteiger partial charge is 0.328 e. The summed E-state index contributed by atoms with van der Waals surface area (Å²) in [6, 6.07) is 12.8. The van der Waals surface area contributed by atoms with E-state index in [1.165, 1.54) is 41.3 Å². The maximum absolute atomic E-state index is 13.6. The van der Waals surface area contributed by atoms with Crippen LogP contribution >= 0.6 is 23.1 Å². The van der Waals surface area contributed by atoms with Crippen LogP contribution in [0, 0.1) is 15.9 Å². The average molecular weight is 362 g/mol. The van der Waals surface area contributed by atoms with Crippen LogP contribution < -0.4 is 5.32 Å². The molecule has 0 unspecified atom stereocenters. The monoisotopic (exact) mass is 362 g/mol. The van der Waals surface area contributed by atoms with Crippen LogP contribution in [0.5, 0.6) is 0 Å². The summed E-state index contributed by atoms with van der Waals surface area (Å²) >= 11 is 2.71. The minimum atomic E-state index is -0.421. The Kier molecular flexibility index (Phi) is 5.02. The van der Waals surface area contributed by atoms with E-state index in [0.29, 0.717) is 20.9 Å². The second-order valence-electron chi connectivity index (χ2n) is 4.69. The first kappa shape index (κ1) is 16.3. The zero-order valence-electron chi connectivity index (χ0n) is 12.2. The topological polar surface area (TPSA) is 81.0 Å². The lowest BCUT2D eigenvalue weighted by atomic mass is 10.2. The molecule has 122 valence electrons. The molecule has 2 aromatic carbocycles. The van der Waals surface area contributed by atoms with Crippen molar-refractivity contribution in [2.45, 2.75) is 10.1 Å². The normalized spacial score (nSPS) is 10.5. The second-order valence-corrected chi connectivity index (χ2v) is 6.89. The van der Waals surface area contributed by atoms with E-state index < -0.39 is 4.92 Å². The number of nitro groups is 1. The van der Waals surface area contributed by atoms with Gasteiger partial charge >= 0.3 is 0 Å². The van der Waals surface area contributed by atoms with Gasteiger partial charge < -0.3 is 5.32 Å². The van der Waals surface area contributed by atoms with E-state index in [0.717, 1.165) is 5.56 Å². The Morgan fingerprint density at radius 3 is 2.83 bits per heavy atom. The first-order valence-electron chi connectivity index (χ1n) is 6.83. The van der Waals surface area contributed by atoms with E-state index in [-0.39, 0.29) is 11.5 Å². The Labute approximate surface area is 144 Å². The Hall–Kier alpha value is -2.52. The molecule has 1 aromatic heterocycles. The van der Waals surface area contributed by atoms with Crippen molar-refractivity contribution >= 4 is 39.6 Å². The molecule has 6 nitrogen and oxygen atoms in total. The van der Waals surface area contributed by atoms with Crippen LogP contribution in [0.4, 0.5) is 20.9 Å². The summed E-state index contributed by atoms with van der Waals surface area (Å²) in [5, 5.41) is 22.1. The lowest BCUT2D eigenvalue weighted by Crippen LogP contribution is -1.92. The van der Waals surface area contributed by atoms with Crippen LogP contribution in [0.3, 0.4) is 0 Å². The molecular weight excluding hydrogens is 351 g/mol. The third-order valence-corrected chi connectivity index (χ3v) is 5.05. The molecular formula is C15H11FN4O2S2. The van der Waals surface area contributed by atoms with Crippen LogP contribution in [-0.2, 0) is 5.75 Å². The third-order valence-electron chi connectivity index (χ3n) is 3.01. The highest BCUT2D eigenvalue weighted by Crippen LogP contribution is 2.31. The Balaban J connectivity index is 1.63. The first-order valence-corrected chi connectivity index (χ1v) is 8.63. The Morgan fingerprint density at radius 2 is 2.04 bits per heavy atom. The van der Waals surface area contributed by atoms with E-state index in [9.17, 15) is 14.5 Å². The van der Waals surface area contributed by atoms with Gasteiger partial charge in [0, 0.05) is 17.9 Å². The molecule has 0 aliphatic heterocycles. The van der Waals surface area contributed by atoms with Gasteiger partial charge in [-0.2, -0.15) is 0 Å². The summed E-state index contributed by atoms with van der Waals surface area (Å²) < 4.78 is 14.3. The number of hydrogen-bond acceptors (Lipinski definition) is 7. The third kappa shape index (κ3) is 4.06. The van der Waals surface area contributed by atoms with Gasteiger partial charge in [0.05, 0.1) is 10.6 Å². The molecule has 0 atom stereocenters. The van der Waals surface area contributed by atoms with Crippen molar-refractivity contribution in [1.29, 1.82) is 0 Å². The number of benzene rings is 2. The molecule has 0 radical (unpaired) electrons. The van der Waals surface area contributed by atoms with E-state index in [1.807, 2.05) is 6.07 Å². The van der Waals surface area contributed by atoms with Gasteiger partial charge in [0.2, 0.25) is 5.13 Å². The molecule has 0 bridgehead atoms. The number of aromatic nitrogens is 2. The molecule has 0 saturated carbocycles. The summed E-state index contributed by atoms with van der Waals surface area (Å²) in [5.41, 5.74) is 1.23. The standard InChI is InChI=1S/C15H11FN4O2S2/c16-12-6-1-2-7-13(12)17-14-18-19-15(24-14)23-9-10-4-3-5-11(8-10)20(21)22/h1-8H,9H2,(H,17,18). The van der Waals surface area contributed by atoms with Crippen LogP contribution in [-0.4, -0.2) is 15.1 Å². The lowest BCUT2D eigenvalue weighted by molar-refractivity contribution is -0.384. The number of non-ortho nitro benzene ring substituents is 1. The number of nitrogens with one attached hydrogen (secondary N) is 1. The number of nitro benzene ring substituents is 1. The quantitative estimate of drug-likeness (QED) is 0.391. The Bertz CT molecular complexity index is 872. The first-order chi connectivity index (χ1) is 11.6. The van der Waals surface area contributed by atoms with Crippen molar-refractivity contribution in [1.82, 2.24) is 10.2 Å². The van der Waals surface area contributed by atoms with Crippen LogP contribution in [0.15, 0.2) is 52.9 Å². The predicted molar refractivity (Wildman–Crippen MR) is 92.2 cm³/mol. The van der Waals surface area contributed by atoms with Crippen LogP contribution in [0.1, 0.15) is 5.56 Å². The molecule has 24 heavy (non-hydrogen) atoms. The highest BCUT2D eigenvalue weighted by atomic mass is 32.2. The van der Waals surface area contributed by atoms with Crippen molar-refractivity contribution in [3.8, 4) is 0 Å². The molecule has 3 aromatic rings. The predicted octanol–water partition coefficient (Wildman–Crippen LogP) is 4.62. The van der Waals surface area contributed by atoms with E-state index in [1.54, 1.807) is 24.3 Å². The van der Waals surface area contributed by atoms with Crippen molar-refractivity contribution < 1.29 is 9.31 Å². The van der Waals surface area contributed by atoms with Gasteiger partial charge in [0.15, 0.2) is 4.34 Å². The molecule has 0 aliphatic carbocycles. The fraction of sp³-hybridized carbons (Fsp3) is 0.0667. The maximum atomic E-state index is 13.6. The number of para-hydroxylation sites is 1. The number of halogens is 1. The molecule has 0 spiro atoms. The SMILES string of the molecule is O=[N+]([O-])c1cccc(CSc2nnc(Nc3ccccc3F)s2)c1. The van der Waals surface area contributed by atoms with Crippen molar-refractivity contribution in [3.05, 3.63) is 70.0 Å². The van der Waals surface area contributed by atoms with Crippen LogP contribution in [0.2, 0.25) is 0 Å². The summed E-state index contributed by atoms with van der Waals surface area (Å²) in [4.78, 5) is 10.4. The number of rotatable bonds is 6. The van der Waals surface area contributed by atoms with Crippen LogP contribution in [0.25, 0.3) is 0 Å². The Morgan fingerprint density at radius 1 is 1.21 bits per heavy atom. The van der Waals surface area contributed by atoms with Gasteiger partial charge in [0.1, 0.15) is 5.82 Å². The molecule has 3 rings (SSSR count). The van der Waals surface area contributed by atoms with E-state index >= 15 is 0 Å². The van der Waals surface area contributed by atoms with Gasteiger partial charge in [0.25, 0.3) is 5.69 Å². The number of hydrogen-bond donors (Lipinski definition) is 1. The highest BCUT2D eigenvalue weighted by molar-refractivity contribution is 8.00. The van der Waals surface area contributed by atoms with Crippen molar-refractivity contribution in [2.24, 2.45) is 0 Å². The van der Waals surface area contributed by atoms with Crippen molar-refractivity contribution in [2.75, 3.05) is 5.32 Å². The smallest absolute Gasteiger partial charge is 0.269 e. The minimum Gasteiger partial charge on any atom is -0.328 e. The summed E-state index contributed by atoms with van der Waals surface area (Å²) in [6.07, 6.45) is 0. The summed E-state index contributed by atoms with van der Waals surface area (Å²) in [7, 11) is 0. The molecule has 0 amide bonds. The zero-order chi connectivity index (χ0) is 16.9. The summed E-state index contributed by atoms with van der Waals surface area (Å²) in [6.45, 7) is 0. The molecule has 1 heterocycles. The molecule has 0 saturated heterocycles. The van der Waals surface area contributed by atoms with Gasteiger partial charge in [-0.1, -0.05) is 47.4 Å². The highest BCUT2D eigenvalue weighted by Gasteiger charge is 2.09. The van der Waals surface area contributed by atoms with Gasteiger partial charge in [-0.15, -0.1) is 10.2 Å². The van der Waals surface area contributed by atoms with Gasteiger partial charge in [-0.05, 0) is 17.7 Å². The van der Waals surface area contributed by atoms with Gasteiger partial charge in [-0.3, -0.25) is 10.1 Å². The zero-order valence-corrected chi connectivity index (χ0v) is 13.8. The summed E-state index contributed by atoms with van der Waals surface area (Å²) in [5.74, 6) is 0.175. The molecule has 0 aliphatic rings. The molecule has 0 fully saturated rings. The maximum Gasteiger partial charge on any atom is 0.269 e. The van der Waals surface area contributed by atoms with Crippen molar-refractivity contribution in [3.63, 3.8) is 0 Å². The minimum absolute atomic E-state index is 0.0623. The fourth-order valence-electron chi connectivity index (χ4n) is 1.90. The average Bonchev–Trinajstić information content (AvgIpc) is 3.03. The van der Waals surface area contributed by atoms with E-state index in [2.05, 4.69) is 15.5 Å². The second kappa shape index (κ2) is 7.37. The molecule has 1 N–H and O–H groups in total. The number of nitrogens with zero attached hydrogens (tertiary/aromatic N) is 3. The molecule has 9 heteroatoms.